The Bertz CT molecular complexity index is 602. The number of morpholine rings is 1. The highest BCUT2D eigenvalue weighted by atomic mass is 19.4. The van der Waals surface area contributed by atoms with Crippen LogP contribution in [-0.4, -0.2) is 49.8 Å². The normalized spacial score (nSPS) is 19.2. The molecule has 7 heteroatoms. The van der Waals surface area contributed by atoms with Gasteiger partial charge in [-0.25, -0.2) is 0 Å². The lowest BCUT2D eigenvalue weighted by Gasteiger charge is -2.36. The third kappa shape index (κ3) is 5.92. The van der Waals surface area contributed by atoms with Crippen LogP contribution in [0.3, 0.4) is 0 Å². The minimum Gasteiger partial charge on any atom is -0.370 e. The van der Waals surface area contributed by atoms with Crippen LogP contribution < -0.4 is 5.32 Å². The maximum Gasteiger partial charge on any atom is 0.390 e. The maximum absolute atomic E-state index is 12.4. The Labute approximate surface area is 147 Å². The van der Waals surface area contributed by atoms with Gasteiger partial charge in [0.1, 0.15) is 6.10 Å². The fourth-order valence-corrected chi connectivity index (χ4v) is 2.93. The fourth-order valence-electron chi connectivity index (χ4n) is 2.93. The van der Waals surface area contributed by atoms with Crippen LogP contribution in [0.1, 0.15) is 36.1 Å². The van der Waals surface area contributed by atoms with Crippen LogP contribution in [-0.2, 0) is 4.74 Å². The molecule has 1 N–H and O–H groups in total. The summed E-state index contributed by atoms with van der Waals surface area (Å²) in [5.41, 5.74) is 3.46. The molecule has 0 radical (unpaired) electrons. The Kier molecular flexibility index (Phi) is 6.70. The van der Waals surface area contributed by atoms with Gasteiger partial charge in [0.15, 0.2) is 5.96 Å². The third-order valence-corrected chi connectivity index (χ3v) is 4.13. The summed E-state index contributed by atoms with van der Waals surface area (Å²) in [4.78, 5) is 6.12. The van der Waals surface area contributed by atoms with E-state index in [-0.39, 0.29) is 12.6 Å². The van der Waals surface area contributed by atoms with Crippen LogP contribution in [0.5, 0.6) is 0 Å². The summed E-state index contributed by atoms with van der Waals surface area (Å²) in [6, 6.07) is 6.22. The third-order valence-electron chi connectivity index (χ3n) is 4.13. The van der Waals surface area contributed by atoms with Gasteiger partial charge in [-0.15, -0.1) is 0 Å². The van der Waals surface area contributed by atoms with Crippen LogP contribution in [0, 0.1) is 13.8 Å². The van der Waals surface area contributed by atoms with Gasteiger partial charge < -0.3 is 15.0 Å². The average Bonchev–Trinajstić information content (AvgIpc) is 2.53. The van der Waals surface area contributed by atoms with Crippen molar-refractivity contribution >= 4 is 5.96 Å². The lowest BCUT2D eigenvalue weighted by molar-refractivity contribution is -0.132. The average molecular weight is 357 g/mol. The maximum atomic E-state index is 12.4. The quantitative estimate of drug-likeness (QED) is 0.661. The molecule has 25 heavy (non-hydrogen) atoms. The van der Waals surface area contributed by atoms with Gasteiger partial charge in [-0.05, 0) is 31.9 Å². The Morgan fingerprint density at radius 2 is 2.12 bits per heavy atom. The number of rotatable bonds is 4. The van der Waals surface area contributed by atoms with E-state index >= 15 is 0 Å². The lowest BCUT2D eigenvalue weighted by atomic mass is 10.00. The highest BCUT2D eigenvalue weighted by Gasteiger charge is 2.28. The standard InChI is InChI=1S/C18H26F3N3O/c1-4-22-17(23-8-7-18(19,20)21)24-9-10-25-16(12-24)15-6-5-13(2)11-14(15)3/h5-6,11,16H,4,7-10,12H2,1-3H3,(H,22,23). The van der Waals surface area contributed by atoms with Crippen LogP contribution in [0.4, 0.5) is 13.2 Å². The van der Waals surface area contributed by atoms with Crippen molar-refractivity contribution in [1.29, 1.82) is 0 Å². The Balaban J connectivity index is 2.09. The predicted octanol–water partition coefficient (Wildman–Crippen LogP) is 3.59. The summed E-state index contributed by atoms with van der Waals surface area (Å²) in [6.45, 7) is 8.03. The summed E-state index contributed by atoms with van der Waals surface area (Å²) < 4.78 is 43.0. The number of guanidine groups is 1. The number of hydrogen-bond acceptors (Lipinski definition) is 2. The number of aryl methyl sites for hydroxylation is 2. The number of benzene rings is 1. The fraction of sp³-hybridized carbons (Fsp3) is 0.611. The summed E-state index contributed by atoms with van der Waals surface area (Å²) in [6.07, 6.45) is -5.21. The van der Waals surface area contributed by atoms with Gasteiger partial charge in [0.25, 0.3) is 0 Å². The van der Waals surface area contributed by atoms with Crippen molar-refractivity contribution in [1.82, 2.24) is 10.2 Å². The summed E-state index contributed by atoms with van der Waals surface area (Å²) in [5.74, 6) is 0.518. The predicted molar refractivity (Wildman–Crippen MR) is 92.8 cm³/mol. The van der Waals surface area contributed by atoms with Crippen molar-refractivity contribution in [2.45, 2.75) is 39.5 Å². The number of halogens is 3. The first-order chi connectivity index (χ1) is 11.8. The van der Waals surface area contributed by atoms with Crippen molar-refractivity contribution in [3.63, 3.8) is 0 Å². The van der Waals surface area contributed by atoms with Crippen molar-refractivity contribution in [3.8, 4) is 0 Å². The Morgan fingerprint density at radius 1 is 1.36 bits per heavy atom. The molecule has 0 saturated carbocycles. The van der Waals surface area contributed by atoms with Crippen molar-refractivity contribution < 1.29 is 17.9 Å². The van der Waals surface area contributed by atoms with Gasteiger partial charge in [-0.1, -0.05) is 23.8 Å². The van der Waals surface area contributed by atoms with E-state index in [2.05, 4.69) is 22.4 Å². The van der Waals surface area contributed by atoms with Gasteiger partial charge in [0.05, 0.1) is 26.1 Å². The molecule has 1 saturated heterocycles. The molecule has 0 spiro atoms. The molecule has 1 aliphatic rings. The van der Waals surface area contributed by atoms with E-state index in [1.165, 1.54) is 5.56 Å². The summed E-state index contributed by atoms with van der Waals surface area (Å²) >= 11 is 0. The molecule has 1 atom stereocenters. The van der Waals surface area contributed by atoms with E-state index in [0.29, 0.717) is 32.2 Å². The molecular formula is C18H26F3N3O. The van der Waals surface area contributed by atoms with E-state index in [9.17, 15) is 13.2 Å². The van der Waals surface area contributed by atoms with Crippen LogP contribution >= 0.6 is 0 Å². The number of nitrogens with one attached hydrogen (secondary N) is 1. The molecular weight excluding hydrogens is 331 g/mol. The molecule has 1 unspecified atom stereocenters. The highest BCUT2D eigenvalue weighted by Crippen LogP contribution is 2.26. The number of ether oxygens (including phenoxy) is 1. The zero-order valence-electron chi connectivity index (χ0n) is 15.0. The molecule has 1 aliphatic heterocycles. The molecule has 140 valence electrons. The number of nitrogens with zero attached hydrogens (tertiary/aromatic N) is 2. The van der Waals surface area contributed by atoms with Gasteiger partial charge in [0.2, 0.25) is 0 Å². The van der Waals surface area contributed by atoms with Crippen LogP contribution in [0.25, 0.3) is 0 Å². The van der Waals surface area contributed by atoms with Crippen molar-refractivity contribution in [2.75, 3.05) is 32.8 Å². The number of aliphatic imine (C=N–C) groups is 1. The number of alkyl halides is 3. The zero-order chi connectivity index (χ0) is 18.4. The molecule has 4 nitrogen and oxygen atoms in total. The first kappa shape index (κ1) is 19.6. The van der Waals surface area contributed by atoms with E-state index in [4.69, 9.17) is 4.74 Å². The SMILES string of the molecule is CCNC(=NCCC(F)(F)F)N1CCOC(c2ccc(C)cc2C)C1. The smallest absolute Gasteiger partial charge is 0.370 e. The Morgan fingerprint density at radius 3 is 2.76 bits per heavy atom. The topological polar surface area (TPSA) is 36.9 Å². The minimum atomic E-state index is -4.19. The largest absolute Gasteiger partial charge is 0.390 e. The second kappa shape index (κ2) is 8.56. The molecule has 2 rings (SSSR count). The van der Waals surface area contributed by atoms with E-state index in [0.717, 1.165) is 11.1 Å². The van der Waals surface area contributed by atoms with Crippen LogP contribution in [0.15, 0.2) is 23.2 Å². The van der Waals surface area contributed by atoms with Gasteiger partial charge in [0, 0.05) is 13.1 Å². The van der Waals surface area contributed by atoms with Crippen molar-refractivity contribution in [3.05, 3.63) is 34.9 Å². The van der Waals surface area contributed by atoms with E-state index in [1.807, 2.05) is 31.7 Å². The summed E-state index contributed by atoms with van der Waals surface area (Å²) in [5, 5.41) is 3.09. The van der Waals surface area contributed by atoms with E-state index < -0.39 is 12.6 Å². The van der Waals surface area contributed by atoms with Gasteiger partial charge >= 0.3 is 6.18 Å². The first-order valence-electron chi connectivity index (χ1n) is 8.59. The molecule has 0 aliphatic carbocycles. The van der Waals surface area contributed by atoms with Gasteiger partial charge in [-0.3, -0.25) is 4.99 Å². The molecule has 1 aromatic rings. The monoisotopic (exact) mass is 357 g/mol. The zero-order valence-corrected chi connectivity index (χ0v) is 15.0. The first-order valence-corrected chi connectivity index (χ1v) is 8.59. The van der Waals surface area contributed by atoms with Crippen molar-refractivity contribution in [2.24, 2.45) is 4.99 Å². The number of hydrogen-bond donors (Lipinski definition) is 1. The second-order valence-corrected chi connectivity index (χ2v) is 6.27. The Hall–Kier alpha value is -1.76. The second-order valence-electron chi connectivity index (χ2n) is 6.27. The summed E-state index contributed by atoms with van der Waals surface area (Å²) in [7, 11) is 0. The molecule has 1 heterocycles. The van der Waals surface area contributed by atoms with E-state index in [1.54, 1.807) is 0 Å². The molecule has 0 bridgehead atoms. The van der Waals surface area contributed by atoms with Gasteiger partial charge in [-0.2, -0.15) is 13.2 Å². The molecule has 0 amide bonds. The molecule has 0 aromatic heterocycles. The lowest BCUT2D eigenvalue weighted by Crippen LogP contribution is -2.48. The van der Waals surface area contributed by atoms with Crippen LogP contribution in [0.2, 0.25) is 0 Å². The minimum absolute atomic E-state index is 0.110. The highest BCUT2D eigenvalue weighted by molar-refractivity contribution is 5.80. The molecule has 1 aromatic carbocycles. The molecule has 1 fully saturated rings.